The molecule has 0 saturated carbocycles. The summed E-state index contributed by atoms with van der Waals surface area (Å²) in [6, 6.07) is 8.75. The second-order valence-corrected chi connectivity index (χ2v) is 8.24. The molecule has 1 fully saturated rings. The number of carbonyl (C=O) groups is 1. The van der Waals surface area contributed by atoms with Crippen molar-refractivity contribution in [2.75, 3.05) is 24.5 Å². The molecule has 1 saturated heterocycles. The molecule has 0 radical (unpaired) electrons. The molecule has 7 heteroatoms. The predicted molar refractivity (Wildman–Crippen MR) is 113 cm³/mol. The summed E-state index contributed by atoms with van der Waals surface area (Å²) < 4.78 is 0. The Balaban J connectivity index is 1.88. The van der Waals surface area contributed by atoms with E-state index in [4.69, 9.17) is 0 Å². The van der Waals surface area contributed by atoms with Gasteiger partial charge in [0.25, 0.3) is 11.6 Å². The van der Waals surface area contributed by atoms with E-state index in [0.717, 1.165) is 30.8 Å². The molecule has 1 unspecified atom stereocenters. The molecule has 2 aromatic rings. The molecular formula is C21H25N3O3S. The second-order valence-electron chi connectivity index (χ2n) is 7.21. The first-order chi connectivity index (χ1) is 13.5. The molecule has 6 nitrogen and oxygen atoms in total. The maximum Gasteiger partial charge on any atom is 0.293 e. The minimum Gasteiger partial charge on any atom is -0.366 e. The van der Waals surface area contributed by atoms with Gasteiger partial charge in [-0.25, -0.2) is 0 Å². The molecule has 1 aliphatic rings. The minimum absolute atomic E-state index is 0.00498. The highest BCUT2D eigenvalue weighted by atomic mass is 32.1. The van der Waals surface area contributed by atoms with Crippen molar-refractivity contribution in [1.82, 2.24) is 4.90 Å². The quantitative estimate of drug-likeness (QED) is 0.384. The highest BCUT2D eigenvalue weighted by Gasteiger charge is 2.26. The Hall–Kier alpha value is -2.67. The molecule has 0 bridgehead atoms. The van der Waals surface area contributed by atoms with Crippen molar-refractivity contribution in [3.63, 3.8) is 0 Å². The Morgan fingerprint density at radius 1 is 1.46 bits per heavy atom. The Morgan fingerprint density at radius 3 is 2.93 bits per heavy atom. The smallest absolute Gasteiger partial charge is 0.293 e. The largest absolute Gasteiger partial charge is 0.366 e. The maximum atomic E-state index is 13.0. The van der Waals surface area contributed by atoms with Gasteiger partial charge in [-0.05, 0) is 42.3 Å². The van der Waals surface area contributed by atoms with Gasteiger partial charge in [-0.15, -0.1) is 17.9 Å². The van der Waals surface area contributed by atoms with Gasteiger partial charge in [0.05, 0.1) is 11.5 Å². The van der Waals surface area contributed by atoms with Crippen LogP contribution in [0.1, 0.15) is 35.0 Å². The van der Waals surface area contributed by atoms with Gasteiger partial charge in [0.2, 0.25) is 0 Å². The van der Waals surface area contributed by atoms with Crippen LogP contribution in [0.25, 0.3) is 0 Å². The number of carbonyl (C=O) groups excluding carboxylic acids is 1. The van der Waals surface area contributed by atoms with E-state index in [9.17, 15) is 14.9 Å². The lowest BCUT2D eigenvalue weighted by Crippen LogP contribution is -2.35. The van der Waals surface area contributed by atoms with E-state index >= 15 is 0 Å². The summed E-state index contributed by atoms with van der Waals surface area (Å²) in [5, 5.41) is 13.7. The number of amides is 1. The lowest BCUT2D eigenvalue weighted by Gasteiger charge is -2.32. The summed E-state index contributed by atoms with van der Waals surface area (Å²) in [5.74, 6) is 0.276. The molecule has 2 heterocycles. The van der Waals surface area contributed by atoms with Crippen LogP contribution in [0.5, 0.6) is 0 Å². The Morgan fingerprint density at radius 2 is 2.29 bits per heavy atom. The molecule has 1 atom stereocenters. The number of piperidine rings is 1. The van der Waals surface area contributed by atoms with E-state index in [2.05, 4.69) is 18.4 Å². The third-order valence-electron chi connectivity index (χ3n) is 4.98. The molecule has 1 aromatic heterocycles. The standard InChI is InChI=1S/C21H25N3O3S/c1-3-10-23(15-18-7-5-12-28-18)21(25)17-8-9-19(20(13-17)24(26)27)22-11-4-6-16(2)14-22/h3,5,7-9,12-13,16H,1,4,6,10-11,14-15H2,2H3. The number of hydrogen-bond donors (Lipinski definition) is 0. The van der Waals surface area contributed by atoms with Gasteiger partial charge >= 0.3 is 0 Å². The normalized spacial score (nSPS) is 16.6. The van der Waals surface area contributed by atoms with Crippen LogP contribution in [-0.2, 0) is 6.54 Å². The van der Waals surface area contributed by atoms with Crippen LogP contribution in [0.15, 0.2) is 48.4 Å². The number of benzene rings is 1. The van der Waals surface area contributed by atoms with Gasteiger partial charge < -0.3 is 9.80 Å². The average molecular weight is 400 g/mol. The number of thiophene rings is 1. The van der Waals surface area contributed by atoms with Gasteiger partial charge in [-0.1, -0.05) is 19.1 Å². The van der Waals surface area contributed by atoms with E-state index in [1.165, 1.54) is 6.07 Å². The van der Waals surface area contributed by atoms with Gasteiger partial charge in [-0.3, -0.25) is 14.9 Å². The van der Waals surface area contributed by atoms with Crippen molar-refractivity contribution in [3.8, 4) is 0 Å². The summed E-state index contributed by atoms with van der Waals surface area (Å²) >= 11 is 1.58. The number of nitro benzene ring substituents is 1. The summed E-state index contributed by atoms with van der Waals surface area (Å²) in [7, 11) is 0. The Kier molecular flexibility index (Phi) is 6.46. The maximum absolute atomic E-state index is 13.0. The van der Waals surface area contributed by atoms with E-state index in [0.29, 0.717) is 30.3 Å². The van der Waals surface area contributed by atoms with E-state index in [1.807, 2.05) is 17.5 Å². The van der Waals surface area contributed by atoms with Crippen LogP contribution in [-0.4, -0.2) is 35.4 Å². The van der Waals surface area contributed by atoms with Crippen LogP contribution in [0, 0.1) is 16.0 Å². The molecule has 3 rings (SSSR count). The molecule has 1 aliphatic heterocycles. The Bertz CT molecular complexity index is 851. The van der Waals surface area contributed by atoms with Crippen LogP contribution in [0.4, 0.5) is 11.4 Å². The van der Waals surface area contributed by atoms with Crippen LogP contribution < -0.4 is 4.90 Å². The first kappa shape index (κ1) is 20.1. The van der Waals surface area contributed by atoms with Gasteiger partial charge in [0.1, 0.15) is 5.69 Å². The highest BCUT2D eigenvalue weighted by Crippen LogP contribution is 2.33. The van der Waals surface area contributed by atoms with Crippen molar-refractivity contribution < 1.29 is 9.72 Å². The number of nitro groups is 1. The van der Waals surface area contributed by atoms with Crippen molar-refractivity contribution in [1.29, 1.82) is 0 Å². The number of anilines is 1. The monoisotopic (exact) mass is 399 g/mol. The van der Waals surface area contributed by atoms with Gasteiger partial charge in [-0.2, -0.15) is 0 Å². The number of rotatable bonds is 7. The molecular weight excluding hydrogens is 374 g/mol. The lowest BCUT2D eigenvalue weighted by atomic mass is 9.99. The first-order valence-corrected chi connectivity index (χ1v) is 10.3. The molecule has 148 valence electrons. The predicted octanol–water partition coefficient (Wildman–Crippen LogP) is 4.72. The van der Waals surface area contributed by atoms with Crippen LogP contribution in [0.3, 0.4) is 0 Å². The van der Waals surface area contributed by atoms with Crippen molar-refractivity contribution in [2.24, 2.45) is 5.92 Å². The first-order valence-electron chi connectivity index (χ1n) is 9.45. The Labute approximate surface area is 169 Å². The highest BCUT2D eigenvalue weighted by molar-refractivity contribution is 7.09. The topological polar surface area (TPSA) is 66.7 Å². The average Bonchev–Trinajstić information content (AvgIpc) is 3.20. The van der Waals surface area contributed by atoms with Crippen molar-refractivity contribution >= 4 is 28.6 Å². The van der Waals surface area contributed by atoms with Crippen molar-refractivity contribution in [2.45, 2.75) is 26.3 Å². The second kappa shape index (κ2) is 9.01. The summed E-state index contributed by atoms with van der Waals surface area (Å²) in [6.45, 7) is 8.34. The molecule has 28 heavy (non-hydrogen) atoms. The zero-order valence-corrected chi connectivity index (χ0v) is 16.9. The summed E-state index contributed by atoms with van der Waals surface area (Å²) in [5.41, 5.74) is 0.926. The lowest BCUT2D eigenvalue weighted by molar-refractivity contribution is -0.384. The molecule has 1 amide bonds. The molecule has 0 N–H and O–H groups in total. The molecule has 1 aromatic carbocycles. The summed E-state index contributed by atoms with van der Waals surface area (Å²) in [6.07, 6.45) is 3.83. The van der Waals surface area contributed by atoms with E-state index in [-0.39, 0.29) is 16.5 Å². The van der Waals surface area contributed by atoms with E-state index in [1.54, 1.807) is 34.4 Å². The molecule has 0 aliphatic carbocycles. The molecule has 0 spiro atoms. The zero-order valence-electron chi connectivity index (χ0n) is 16.0. The van der Waals surface area contributed by atoms with Crippen LogP contribution in [0.2, 0.25) is 0 Å². The minimum atomic E-state index is -0.386. The SMILES string of the molecule is C=CCN(Cc1cccs1)C(=O)c1ccc(N2CCCC(C)C2)c([N+](=O)[O-])c1. The van der Waals surface area contributed by atoms with Crippen LogP contribution >= 0.6 is 11.3 Å². The van der Waals surface area contributed by atoms with Gasteiger partial charge in [0, 0.05) is 36.1 Å². The fourth-order valence-electron chi connectivity index (χ4n) is 3.63. The number of hydrogen-bond acceptors (Lipinski definition) is 5. The van der Waals surface area contributed by atoms with E-state index < -0.39 is 0 Å². The zero-order chi connectivity index (χ0) is 20.1. The third-order valence-corrected chi connectivity index (χ3v) is 5.84. The fourth-order valence-corrected chi connectivity index (χ4v) is 4.35. The third kappa shape index (κ3) is 4.59. The fraction of sp³-hybridized carbons (Fsp3) is 0.381. The van der Waals surface area contributed by atoms with Gasteiger partial charge in [0.15, 0.2) is 0 Å². The van der Waals surface area contributed by atoms with Crippen molar-refractivity contribution in [3.05, 3.63) is 68.9 Å². The summed E-state index contributed by atoms with van der Waals surface area (Å²) in [4.78, 5) is 29.1. The number of nitrogens with zero attached hydrogens (tertiary/aromatic N) is 3.